The minimum absolute atomic E-state index is 0.130. The molecule has 0 saturated heterocycles. The largest absolute Gasteiger partial charge is 0.306 e. The molecule has 19 heavy (non-hydrogen) atoms. The summed E-state index contributed by atoms with van der Waals surface area (Å²) in [5.41, 5.74) is 2.86. The van der Waals surface area contributed by atoms with E-state index in [1.165, 1.54) is 5.56 Å². The van der Waals surface area contributed by atoms with Crippen molar-refractivity contribution in [2.45, 2.75) is 33.1 Å². The van der Waals surface area contributed by atoms with E-state index in [0.717, 1.165) is 17.7 Å². The molecule has 0 spiro atoms. The van der Waals surface area contributed by atoms with E-state index in [-0.39, 0.29) is 5.56 Å². The molecule has 2 rings (SSSR count). The normalized spacial score (nSPS) is 11.0. The first-order chi connectivity index (χ1) is 9.02. The molecule has 1 aromatic heterocycles. The number of aromatic nitrogens is 2. The number of nitrogens with zero attached hydrogens (tertiary/aromatic N) is 1. The van der Waals surface area contributed by atoms with Crippen molar-refractivity contribution < 1.29 is 0 Å². The Labute approximate surface area is 121 Å². The molecular weight excluding hydrogens is 304 g/mol. The predicted molar refractivity (Wildman–Crippen MR) is 81.5 cm³/mol. The Morgan fingerprint density at radius 1 is 1.26 bits per heavy atom. The van der Waals surface area contributed by atoms with Gasteiger partial charge in [-0.25, -0.2) is 4.98 Å². The number of nitrogens with one attached hydrogen (secondary N) is 1. The summed E-state index contributed by atoms with van der Waals surface area (Å²) in [5.74, 6) is 1.12. The lowest BCUT2D eigenvalue weighted by Crippen LogP contribution is -2.13. The Morgan fingerprint density at radius 3 is 2.42 bits per heavy atom. The molecule has 4 heteroatoms. The van der Waals surface area contributed by atoms with Crippen molar-refractivity contribution in [3.05, 3.63) is 50.3 Å². The average Bonchev–Trinajstić information content (AvgIpc) is 2.41. The van der Waals surface area contributed by atoms with Gasteiger partial charge in [-0.15, -0.1) is 0 Å². The molecule has 0 aliphatic carbocycles. The van der Waals surface area contributed by atoms with Gasteiger partial charge in [0.15, 0.2) is 0 Å². The highest BCUT2D eigenvalue weighted by atomic mass is 79.9. The molecule has 1 heterocycles. The minimum atomic E-state index is -0.130. The Balaban J connectivity index is 2.47. The van der Waals surface area contributed by atoms with Crippen LogP contribution in [0.4, 0.5) is 0 Å². The Morgan fingerprint density at radius 2 is 1.89 bits per heavy atom. The molecule has 1 aromatic carbocycles. The highest BCUT2D eigenvalue weighted by Crippen LogP contribution is 2.21. The molecule has 0 radical (unpaired) electrons. The van der Waals surface area contributed by atoms with Crippen LogP contribution < -0.4 is 5.56 Å². The lowest BCUT2D eigenvalue weighted by Gasteiger charge is -2.08. The molecule has 1 N–H and O–H groups in total. The standard InChI is InChI=1S/C15H17BrN2O/c1-4-12-13(16)15(19)18-14(17-12)11-7-5-10(6-8-11)9(2)3/h5-9H,4H2,1-3H3,(H,17,18,19). The summed E-state index contributed by atoms with van der Waals surface area (Å²) in [5, 5.41) is 0. The van der Waals surface area contributed by atoms with Gasteiger partial charge in [0, 0.05) is 5.56 Å². The van der Waals surface area contributed by atoms with Crippen LogP contribution in [0.3, 0.4) is 0 Å². The lowest BCUT2D eigenvalue weighted by molar-refractivity contribution is 0.866. The van der Waals surface area contributed by atoms with Crippen LogP contribution >= 0.6 is 15.9 Å². The van der Waals surface area contributed by atoms with Crippen molar-refractivity contribution in [3.8, 4) is 11.4 Å². The number of aryl methyl sites for hydroxylation is 1. The summed E-state index contributed by atoms with van der Waals surface area (Å²) in [6.07, 6.45) is 0.724. The third-order valence-corrected chi connectivity index (χ3v) is 3.93. The van der Waals surface area contributed by atoms with Gasteiger partial charge in [-0.1, -0.05) is 45.0 Å². The summed E-state index contributed by atoms with van der Waals surface area (Å²) in [7, 11) is 0. The number of rotatable bonds is 3. The zero-order chi connectivity index (χ0) is 14.0. The van der Waals surface area contributed by atoms with Gasteiger partial charge in [-0.05, 0) is 33.8 Å². The Hall–Kier alpha value is -1.42. The number of H-pyrrole nitrogens is 1. The predicted octanol–water partition coefficient (Wildman–Crippen LogP) is 3.89. The summed E-state index contributed by atoms with van der Waals surface area (Å²) in [6.45, 7) is 6.30. The van der Waals surface area contributed by atoms with Gasteiger partial charge < -0.3 is 4.98 Å². The SMILES string of the molecule is CCc1nc(-c2ccc(C(C)C)cc2)[nH]c(=O)c1Br. The number of hydrogen-bond acceptors (Lipinski definition) is 2. The summed E-state index contributed by atoms with van der Waals surface area (Å²) < 4.78 is 0.526. The van der Waals surface area contributed by atoms with Crippen molar-refractivity contribution >= 4 is 15.9 Å². The molecule has 0 aliphatic heterocycles. The third-order valence-electron chi connectivity index (χ3n) is 3.12. The van der Waals surface area contributed by atoms with Gasteiger partial charge in [0.05, 0.1) is 5.69 Å². The smallest absolute Gasteiger partial charge is 0.265 e. The van der Waals surface area contributed by atoms with Crippen LogP contribution in [0.15, 0.2) is 33.5 Å². The van der Waals surface area contributed by atoms with Crippen LogP contribution in [0.5, 0.6) is 0 Å². The molecule has 0 saturated carbocycles. The number of aromatic amines is 1. The zero-order valence-corrected chi connectivity index (χ0v) is 12.9. The van der Waals surface area contributed by atoms with Crippen LogP contribution in [0.25, 0.3) is 11.4 Å². The Kier molecular flexibility index (Phi) is 4.20. The van der Waals surface area contributed by atoms with Crippen LogP contribution in [0, 0.1) is 0 Å². The van der Waals surface area contributed by atoms with Crippen LogP contribution in [0.2, 0.25) is 0 Å². The van der Waals surface area contributed by atoms with Gasteiger partial charge in [0.25, 0.3) is 5.56 Å². The first-order valence-corrected chi connectivity index (χ1v) is 7.21. The van der Waals surface area contributed by atoms with Crippen molar-refractivity contribution in [1.82, 2.24) is 9.97 Å². The minimum Gasteiger partial charge on any atom is -0.306 e. The highest BCUT2D eigenvalue weighted by Gasteiger charge is 2.09. The summed E-state index contributed by atoms with van der Waals surface area (Å²) in [6, 6.07) is 8.16. The molecular formula is C15H17BrN2O. The highest BCUT2D eigenvalue weighted by molar-refractivity contribution is 9.10. The molecule has 0 unspecified atom stereocenters. The maximum Gasteiger partial charge on any atom is 0.265 e. The van der Waals surface area contributed by atoms with E-state index < -0.39 is 0 Å². The van der Waals surface area contributed by atoms with Crippen molar-refractivity contribution in [1.29, 1.82) is 0 Å². The number of halogens is 1. The molecule has 100 valence electrons. The molecule has 0 aliphatic rings. The van der Waals surface area contributed by atoms with Crippen molar-refractivity contribution in [3.63, 3.8) is 0 Å². The van der Waals surface area contributed by atoms with E-state index >= 15 is 0 Å². The maximum atomic E-state index is 11.8. The van der Waals surface area contributed by atoms with Crippen molar-refractivity contribution in [2.24, 2.45) is 0 Å². The van der Waals surface area contributed by atoms with E-state index in [1.807, 2.05) is 19.1 Å². The van der Waals surface area contributed by atoms with Crippen LogP contribution in [-0.2, 0) is 6.42 Å². The van der Waals surface area contributed by atoms with Crippen LogP contribution in [-0.4, -0.2) is 9.97 Å². The first kappa shape index (κ1) is 14.0. The van der Waals surface area contributed by atoms with Gasteiger partial charge >= 0.3 is 0 Å². The van der Waals surface area contributed by atoms with E-state index in [9.17, 15) is 4.79 Å². The fraction of sp³-hybridized carbons (Fsp3) is 0.333. The maximum absolute atomic E-state index is 11.8. The second-order valence-electron chi connectivity index (χ2n) is 4.81. The third kappa shape index (κ3) is 2.95. The van der Waals surface area contributed by atoms with E-state index in [2.05, 4.69) is 51.9 Å². The van der Waals surface area contributed by atoms with Gasteiger partial charge in [0.2, 0.25) is 0 Å². The quantitative estimate of drug-likeness (QED) is 0.932. The monoisotopic (exact) mass is 320 g/mol. The van der Waals surface area contributed by atoms with Gasteiger partial charge in [0.1, 0.15) is 10.3 Å². The number of hydrogen-bond donors (Lipinski definition) is 1. The van der Waals surface area contributed by atoms with Gasteiger partial charge in [-0.2, -0.15) is 0 Å². The van der Waals surface area contributed by atoms with E-state index in [1.54, 1.807) is 0 Å². The average molecular weight is 321 g/mol. The molecule has 2 aromatic rings. The summed E-state index contributed by atoms with van der Waals surface area (Å²) >= 11 is 3.27. The van der Waals surface area contributed by atoms with Gasteiger partial charge in [-0.3, -0.25) is 4.79 Å². The van der Waals surface area contributed by atoms with E-state index in [0.29, 0.717) is 16.2 Å². The molecule has 0 bridgehead atoms. The summed E-state index contributed by atoms with van der Waals surface area (Å²) in [4.78, 5) is 19.1. The van der Waals surface area contributed by atoms with Crippen LogP contribution in [0.1, 0.15) is 37.9 Å². The molecule has 3 nitrogen and oxygen atoms in total. The number of benzene rings is 1. The topological polar surface area (TPSA) is 45.8 Å². The molecule has 0 amide bonds. The first-order valence-electron chi connectivity index (χ1n) is 6.42. The second-order valence-corrected chi connectivity index (χ2v) is 5.60. The van der Waals surface area contributed by atoms with E-state index in [4.69, 9.17) is 0 Å². The molecule has 0 fully saturated rings. The zero-order valence-electron chi connectivity index (χ0n) is 11.3. The van der Waals surface area contributed by atoms with Crippen molar-refractivity contribution in [2.75, 3.05) is 0 Å². The molecule has 0 atom stereocenters. The fourth-order valence-corrected chi connectivity index (χ4v) is 2.37. The Bertz CT molecular complexity index is 630. The lowest BCUT2D eigenvalue weighted by atomic mass is 10.0. The fourth-order valence-electron chi connectivity index (χ4n) is 1.90. The second kappa shape index (κ2) is 5.70.